The van der Waals surface area contributed by atoms with Crippen molar-refractivity contribution in [1.29, 1.82) is 0 Å². The minimum Gasteiger partial charge on any atom is -0.456 e. The molecule has 8 nitrogen and oxygen atoms in total. The first-order chi connectivity index (χ1) is 19.4. The number of nitrogens with zero attached hydrogens (tertiary/aromatic N) is 2. The lowest BCUT2D eigenvalue weighted by molar-refractivity contribution is -0.116. The zero-order valence-corrected chi connectivity index (χ0v) is 25.7. The van der Waals surface area contributed by atoms with E-state index in [9.17, 15) is 14.4 Å². The Morgan fingerprint density at radius 1 is 1.10 bits per heavy atom. The average molecular weight is 597 g/mol. The second-order valence-corrected chi connectivity index (χ2v) is 13.0. The van der Waals surface area contributed by atoms with E-state index in [1.807, 2.05) is 0 Å². The van der Waals surface area contributed by atoms with Crippen LogP contribution in [0.15, 0.2) is 42.5 Å². The largest absolute Gasteiger partial charge is 0.456 e. The number of carbonyl (C=O) groups excluding carboxylic acids is 3. The lowest BCUT2D eigenvalue weighted by Gasteiger charge is -2.23. The van der Waals surface area contributed by atoms with Gasteiger partial charge in [-0.3, -0.25) is 14.5 Å². The van der Waals surface area contributed by atoms with Crippen LogP contribution in [0.5, 0.6) is 0 Å². The van der Waals surface area contributed by atoms with E-state index in [0.29, 0.717) is 39.4 Å². The highest BCUT2D eigenvalue weighted by Crippen LogP contribution is 2.28. The molecular weight excluding hydrogens is 560 g/mol. The van der Waals surface area contributed by atoms with Gasteiger partial charge in [0, 0.05) is 40.3 Å². The molecule has 0 fully saturated rings. The first-order valence-corrected chi connectivity index (χ1v) is 15.0. The van der Waals surface area contributed by atoms with Gasteiger partial charge in [0.15, 0.2) is 5.01 Å². The van der Waals surface area contributed by atoms with Crippen LogP contribution in [0.25, 0.3) is 0 Å². The standard InChI is InChI=1S/C31H37ClN4O4S/c1-19(2)36-16-6-7-24-26(18-36)41-29(35-24)28(38)34-25-17-21(30(39)40-31(3,4)5)9-8-20(25)10-15-27(37)33-23-13-11-22(32)12-14-23/h8-9,11-14,17,19H,6-7,10,15-16,18H2,1-5H3,(H,33,37)(H,34,38). The van der Waals surface area contributed by atoms with E-state index in [2.05, 4.69) is 34.4 Å². The highest BCUT2D eigenvalue weighted by atomic mass is 35.5. The van der Waals surface area contributed by atoms with Gasteiger partial charge >= 0.3 is 5.97 Å². The maximum absolute atomic E-state index is 13.4. The van der Waals surface area contributed by atoms with Gasteiger partial charge < -0.3 is 15.4 Å². The van der Waals surface area contributed by atoms with Gasteiger partial charge in [-0.2, -0.15) is 0 Å². The molecular formula is C31H37ClN4O4S. The van der Waals surface area contributed by atoms with Crippen LogP contribution in [0.4, 0.5) is 11.4 Å². The minimum atomic E-state index is -0.665. The maximum atomic E-state index is 13.4. The Balaban J connectivity index is 1.53. The zero-order valence-electron chi connectivity index (χ0n) is 24.2. The van der Waals surface area contributed by atoms with E-state index in [1.165, 1.54) is 11.3 Å². The first-order valence-electron chi connectivity index (χ1n) is 13.8. The zero-order chi connectivity index (χ0) is 29.7. The fraction of sp³-hybridized carbons (Fsp3) is 0.419. The number of ether oxygens (including phenoxy) is 1. The van der Waals surface area contributed by atoms with Crippen molar-refractivity contribution in [3.05, 3.63) is 74.2 Å². The van der Waals surface area contributed by atoms with Crippen molar-refractivity contribution in [3.63, 3.8) is 0 Å². The van der Waals surface area contributed by atoms with Crippen molar-refractivity contribution in [1.82, 2.24) is 9.88 Å². The van der Waals surface area contributed by atoms with Gasteiger partial charge in [-0.05, 0) is 102 Å². The molecule has 0 saturated heterocycles. The molecule has 2 aromatic carbocycles. The van der Waals surface area contributed by atoms with Gasteiger partial charge in [0.25, 0.3) is 5.91 Å². The number of aryl methyl sites for hydroxylation is 2. The summed E-state index contributed by atoms with van der Waals surface area (Å²) >= 11 is 7.34. The quantitative estimate of drug-likeness (QED) is 0.280. The Labute approximate surface area is 250 Å². The van der Waals surface area contributed by atoms with Crippen molar-refractivity contribution in [2.24, 2.45) is 0 Å². The molecule has 3 aromatic rings. The number of anilines is 2. The minimum absolute atomic E-state index is 0.174. The molecule has 0 spiro atoms. The molecule has 0 radical (unpaired) electrons. The SMILES string of the molecule is CC(C)N1CCCc2nc(C(=O)Nc3cc(C(=O)OC(C)(C)C)ccc3CCC(=O)Nc3ccc(Cl)cc3)sc2C1. The van der Waals surface area contributed by atoms with E-state index in [0.717, 1.165) is 42.1 Å². The summed E-state index contributed by atoms with van der Waals surface area (Å²) < 4.78 is 5.54. The van der Waals surface area contributed by atoms with E-state index in [4.69, 9.17) is 16.3 Å². The van der Waals surface area contributed by atoms with Gasteiger partial charge in [0.1, 0.15) is 5.60 Å². The topological polar surface area (TPSA) is 101 Å². The molecule has 1 aliphatic rings. The molecule has 218 valence electrons. The average Bonchev–Trinajstić information content (AvgIpc) is 3.19. The predicted molar refractivity (Wildman–Crippen MR) is 164 cm³/mol. The highest BCUT2D eigenvalue weighted by Gasteiger charge is 2.24. The Kier molecular flexibility index (Phi) is 9.84. The lowest BCUT2D eigenvalue weighted by atomic mass is 10.0. The van der Waals surface area contributed by atoms with Gasteiger partial charge in [0.05, 0.1) is 11.3 Å². The smallest absolute Gasteiger partial charge is 0.338 e. The molecule has 4 rings (SSSR count). The first kappa shape index (κ1) is 30.7. The van der Waals surface area contributed by atoms with Crippen LogP contribution in [-0.4, -0.2) is 45.9 Å². The molecule has 0 bridgehead atoms. The fourth-order valence-electron chi connectivity index (χ4n) is 4.51. The monoisotopic (exact) mass is 596 g/mol. The Bertz CT molecular complexity index is 1410. The van der Waals surface area contributed by atoms with Crippen LogP contribution in [0, 0.1) is 0 Å². The summed E-state index contributed by atoms with van der Waals surface area (Å²) in [5.41, 5.74) is 2.44. The van der Waals surface area contributed by atoms with Crippen molar-refractivity contribution in [2.75, 3.05) is 17.2 Å². The number of amides is 2. The second-order valence-electron chi connectivity index (χ2n) is 11.4. The van der Waals surface area contributed by atoms with Gasteiger partial charge in [-0.1, -0.05) is 17.7 Å². The van der Waals surface area contributed by atoms with E-state index >= 15 is 0 Å². The number of hydrogen-bond acceptors (Lipinski definition) is 7. The molecule has 41 heavy (non-hydrogen) atoms. The number of hydrogen-bond donors (Lipinski definition) is 2. The fourth-order valence-corrected chi connectivity index (χ4v) is 5.66. The summed E-state index contributed by atoms with van der Waals surface area (Å²) in [5, 5.41) is 6.79. The number of fused-ring (bicyclic) bond motifs is 1. The number of halogens is 1. The molecule has 10 heteroatoms. The number of carbonyl (C=O) groups is 3. The highest BCUT2D eigenvalue weighted by molar-refractivity contribution is 7.13. The summed E-state index contributed by atoms with van der Waals surface area (Å²) in [6.07, 6.45) is 2.36. The van der Waals surface area contributed by atoms with Gasteiger partial charge in [-0.25, -0.2) is 9.78 Å². The van der Waals surface area contributed by atoms with Crippen molar-refractivity contribution in [3.8, 4) is 0 Å². The predicted octanol–water partition coefficient (Wildman–Crippen LogP) is 6.73. The molecule has 2 N–H and O–H groups in total. The number of esters is 1. The number of thiazole rings is 1. The second kappa shape index (κ2) is 13.1. The van der Waals surface area contributed by atoms with Crippen LogP contribution in [-0.2, 0) is 28.9 Å². The van der Waals surface area contributed by atoms with Crippen LogP contribution in [0.1, 0.15) is 83.8 Å². The van der Waals surface area contributed by atoms with Crippen molar-refractivity contribution >= 4 is 52.1 Å². The summed E-state index contributed by atoms with van der Waals surface area (Å²) in [7, 11) is 0. The number of rotatable bonds is 8. The summed E-state index contributed by atoms with van der Waals surface area (Å²) in [5.74, 6) is -1.01. The Morgan fingerprint density at radius 3 is 2.51 bits per heavy atom. The molecule has 0 atom stereocenters. The normalized spacial score (nSPS) is 13.8. The third-order valence-corrected chi connectivity index (χ3v) is 7.98. The maximum Gasteiger partial charge on any atom is 0.338 e. The third kappa shape index (κ3) is 8.61. The number of aromatic nitrogens is 1. The van der Waals surface area contributed by atoms with E-state index in [1.54, 1.807) is 63.2 Å². The van der Waals surface area contributed by atoms with Crippen LogP contribution < -0.4 is 10.6 Å². The Hall–Kier alpha value is -3.27. The Morgan fingerprint density at radius 2 is 1.83 bits per heavy atom. The summed E-state index contributed by atoms with van der Waals surface area (Å²) in [6, 6.07) is 12.3. The molecule has 1 aliphatic heterocycles. The van der Waals surface area contributed by atoms with E-state index < -0.39 is 11.6 Å². The molecule has 1 aromatic heterocycles. The molecule has 0 saturated carbocycles. The molecule has 2 heterocycles. The van der Waals surface area contributed by atoms with E-state index in [-0.39, 0.29) is 18.2 Å². The van der Waals surface area contributed by atoms with Crippen molar-refractivity contribution in [2.45, 2.75) is 78.5 Å². The molecule has 0 unspecified atom stereocenters. The van der Waals surface area contributed by atoms with Gasteiger partial charge in [-0.15, -0.1) is 11.3 Å². The van der Waals surface area contributed by atoms with Crippen LogP contribution in [0.3, 0.4) is 0 Å². The lowest BCUT2D eigenvalue weighted by Crippen LogP contribution is -2.30. The van der Waals surface area contributed by atoms with Crippen molar-refractivity contribution < 1.29 is 19.1 Å². The number of benzene rings is 2. The van der Waals surface area contributed by atoms with Crippen LogP contribution >= 0.6 is 22.9 Å². The number of nitrogens with one attached hydrogen (secondary N) is 2. The van der Waals surface area contributed by atoms with Gasteiger partial charge in [0.2, 0.25) is 5.91 Å². The molecule has 0 aliphatic carbocycles. The third-order valence-electron chi connectivity index (χ3n) is 6.65. The van der Waals surface area contributed by atoms with Crippen LogP contribution in [0.2, 0.25) is 5.02 Å². The summed E-state index contributed by atoms with van der Waals surface area (Å²) in [6.45, 7) is 11.5. The summed E-state index contributed by atoms with van der Waals surface area (Å²) in [4.78, 5) is 47.1. The molecule has 2 amide bonds.